The standard InChI is InChI=1S/C16H11Cl2N3O3/c17-12-5-3-9(4-6-12)14-19-16(24)21(20-14)8-11-2-1-10(15(22)23)7-13(11)18/h1-7H,8H2,(H,22,23)(H,19,20,24). The van der Waals surface area contributed by atoms with Crippen molar-refractivity contribution in [3.63, 3.8) is 0 Å². The summed E-state index contributed by atoms with van der Waals surface area (Å²) in [5.41, 5.74) is 1.01. The Bertz CT molecular complexity index is 961. The van der Waals surface area contributed by atoms with E-state index in [1.807, 2.05) is 0 Å². The van der Waals surface area contributed by atoms with Crippen molar-refractivity contribution in [3.8, 4) is 11.4 Å². The molecule has 0 aliphatic carbocycles. The predicted molar refractivity (Wildman–Crippen MR) is 90.8 cm³/mol. The lowest BCUT2D eigenvalue weighted by Crippen LogP contribution is -2.19. The first-order valence-corrected chi connectivity index (χ1v) is 7.64. The van der Waals surface area contributed by atoms with E-state index in [-0.39, 0.29) is 17.1 Å². The maximum absolute atomic E-state index is 12.1. The second-order valence-corrected chi connectivity index (χ2v) is 5.90. The molecule has 3 rings (SSSR count). The summed E-state index contributed by atoms with van der Waals surface area (Å²) in [5.74, 6) is -0.652. The predicted octanol–water partition coefficient (Wildman–Crippen LogP) is 3.29. The Morgan fingerprint density at radius 3 is 2.50 bits per heavy atom. The number of aromatic amines is 1. The van der Waals surface area contributed by atoms with Crippen molar-refractivity contribution in [2.75, 3.05) is 0 Å². The van der Waals surface area contributed by atoms with E-state index in [0.717, 1.165) is 5.56 Å². The molecule has 24 heavy (non-hydrogen) atoms. The van der Waals surface area contributed by atoms with Crippen LogP contribution in [0.5, 0.6) is 0 Å². The van der Waals surface area contributed by atoms with Gasteiger partial charge in [0.25, 0.3) is 0 Å². The second-order valence-electron chi connectivity index (χ2n) is 5.05. The van der Waals surface area contributed by atoms with Crippen molar-refractivity contribution in [1.82, 2.24) is 14.8 Å². The first-order chi connectivity index (χ1) is 11.4. The van der Waals surface area contributed by atoms with Crippen LogP contribution >= 0.6 is 23.2 Å². The molecule has 0 bridgehead atoms. The smallest absolute Gasteiger partial charge is 0.343 e. The van der Waals surface area contributed by atoms with Crippen LogP contribution in [0.25, 0.3) is 11.4 Å². The lowest BCUT2D eigenvalue weighted by atomic mass is 10.1. The molecule has 2 aromatic carbocycles. The summed E-state index contributed by atoms with van der Waals surface area (Å²) >= 11 is 11.9. The highest BCUT2D eigenvalue weighted by molar-refractivity contribution is 6.31. The van der Waals surface area contributed by atoms with Crippen LogP contribution in [0.4, 0.5) is 0 Å². The zero-order valence-corrected chi connectivity index (χ0v) is 13.7. The molecule has 6 nitrogen and oxygen atoms in total. The quantitative estimate of drug-likeness (QED) is 0.744. The van der Waals surface area contributed by atoms with Crippen LogP contribution in [-0.4, -0.2) is 25.8 Å². The van der Waals surface area contributed by atoms with E-state index in [4.69, 9.17) is 28.3 Å². The molecule has 3 aromatic rings. The third-order valence-electron chi connectivity index (χ3n) is 3.42. The van der Waals surface area contributed by atoms with Gasteiger partial charge in [-0.05, 0) is 42.0 Å². The van der Waals surface area contributed by atoms with E-state index < -0.39 is 11.7 Å². The van der Waals surface area contributed by atoms with Gasteiger partial charge in [0.2, 0.25) is 0 Å². The molecule has 0 aliphatic rings. The number of nitrogens with zero attached hydrogens (tertiary/aromatic N) is 2. The van der Waals surface area contributed by atoms with Crippen molar-refractivity contribution in [2.24, 2.45) is 0 Å². The molecule has 0 amide bonds. The number of carboxylic acid groups (broad SMARTS) is 1. The van der Waals surface area contributed by atoms with E-state index in [9.17, 15) is 9.59 Å². The third-order valence-corrected chi connectivity index (χ3v) is 4.02. The maximum atomic E-state index is 12.1. The largest absolute Gasteiger partial charge is 0.478 e. The normalized spacial score (nSPS) is 10.8. The van der Waals surface area contributed by atoms with Crippen molar-refractivity contribution < 1.29 is 9.90 Å². The van der Waals surface area contributed by atoms with Gasteiger partial charge >= 0.3 is 11.7 Å². The summed E-state index contributed by atoms with van der Waals surface area (Å²) in [6.07, 6.45) is 0. The lowest BCUT2D eigenvalue weighted by molar-refractivity contribution is 0.0697. The Morgan fingerprint density at radius 2 is 1.88 bits per heavy atom. The molecule has 8 heteroatoms. The molecule has 0 fully saturated rings. The molecule has 0 saturated carbocycles. The lowest BCUT2D eigenvalue weighted by Gasteiger charge is -2.04. The molecule has 0 unspecified atom stereocenters. The van der Waals surface area contributed by atoms with Crippen LogP contribution < -0.4 is 5.69 Å². The third kappa shape index (κ3) is 3.34. The number of hydrogen-bond acceptors (Lipinski definition) is 3. The fourth-order valence-corrected chi connectivity index (χ4v) is 2.54. The van der Waals surface area contributed by atoms with Crippen LogP contribution in [0.1, 0.15) is 15.9 Å². The molecule has 122 valence electrons. The zero-order valence-electron chi connectivity index (χ0n) is 12.2. The summed E-state index contributed by atoms with van der Waals surface area (Å²) in [6, 6.07) is 11.2. The van der Waals surface area contributed by atoms with Gasteiger partial charge in [0.1, 0.15) is 0 Å². The van der Waals surface area contributed by atoms with Gasteiger partial charge in [0.05, 0.1) is 12.1 Å². The summed E-state index contributed by atoms with van der Waals surface area (Å²) in [4.78, 5) is 25.6. The number of aromatic carboxylic acids is 1. The molecule has 1 aromatic heterocycles. The number of H-pyrrole nitrogens is 1. The fraction of sp³-hybridized carbons (Fsp3) is 0.0625. The fourth-order valence-electron chi connectivity index (χ4n) is 2.17. The van der Waals surface area contributed by atoms with Gasteiger partial charge in [-0.1, -0.05) is 29.3 Å². The zero-order chi connectivity index (χ0) is 17.3. The molecule has 0 saturated heterocycles. The monoisotopic (exact) mass is 363 g/mol. The highest BCUT2D eigenvalue weighted by Gasteiger charge is 2.11. The van der Waals surface area contributed by atoms with Gasteiger partial charge in [0, 0.05) is 15.6 Å². The summed E-state index contributed by atoms with van der Waals surface area (Å²) < 4.78 is 1.23. The average molecular weight is 364 g/mol. The Hall–Kier alpha value is -2.57. The maximum Gasteiger partial charge on any atom is 0.343 e. The number of nitrogens with one attached hydrogen (secondary N) is 1. The minimum atomic E-state index is -1.06. The molecular weight excluding hydrogens is 353 g/mol. The van der Waals surface area contributed by atoms with Gasteiger partial charge in [-0.2, -0.15) is 0 Å². The van der Waals surface area contributed by atoms with Crippen LogP contribution in [0.3, 0.4) is 0 Å². The number of carboxylic acids is 1. The van der Waals surface area contributed by atoms with Crippen molar-refractivity contribution >= 4 is 29.2 Å². The Labute approximate surface area is 146 Å². The minimum Gasteiger partial charge on any atom is -0.478 e. The van der Waals surface area contributed by atoms with E-state index in [0.29, 0.717) is 16.4 Å². The van der Waals surface area contributed by atoms with Crippen LogP contribution in [0.15, 0.2) is 47.3 Å². The number of hydrogen-bond donors (Lipinski definition) is 2. The SMILES string of the molecule is O=C(O)c1ccc(Cn2nc(-c3ccc(Cl)cc3)[nH]c2=O)c(Cl)c1. The van der Waals surface area contributed by atoms with Crippen LogP contribution in [-0.2, 0) is 6.54 Å². The number of aromatic nitrogens is 3. The number of benzene rings is 2. The molecule has 0 atom stereocenters. The molecule has 2 N–H and O–H groups in total. The first-order valence-electron chi connectivity index (χ1n) is 6.89. The summed E-state index contributed by atoms with van der Waals surface area (Å²) in [6.45, 7) is 0.127. The topological polar surface area (TPSA) is 88.0 Å². The van der Waals surface area contributed by atoms with Crippen LogP contribution in [0, 0.1) is 0 Å². The summed E-state index contributed by atoms with van der Waals surface area (Å²) in [5, 5.41) is 14.0. The first kappa shape index (κ1) is 16.3. The molecule has 0 aliphatic heterocycles. The van der Waals surface area contributed by atoms with Crippen molar-refractivity contribution in [3.05, 3.63) is 74.1 Å². The average Bonchev–Trinajstić information content (AvgIpc) is 2.90. The van der Waals surface area contributed by atoms with Gasteiger partial charge in [-0.15, -0.1) is 5.10 Å². The molecule has 1 heterocycles. The van der Waals surface area contributed by atoms with Gasteiger partial charge in [-0.25, -0.2) is 14.3 Å². The van der Waals surface area contributed by atoms with Gasteiger partial charge < -0.3 is 5.11 Å². The summed E-state index contributed by atoms with van der Waals surface area (Å²) in [7, 11) is 0. The number of halogens is 2. The number of carbonyl (C=O) groups is 1. The molecular formula is C16H11Cl2N3O3. The van der Waals surface area contributed by atoms with Gasteiger partial charge in [-0.3, -0.25) is 4.98 Å². The Morgan fingerprint density at radius 1 is 1.17 bits per heavy atom. The molecule has 0 spiro atoms. The highest BCUT2D eigenvalue weighted by atomic mass is 35.5. The van der Waals surface area contributed by atoms with Crippen LogP contribution in [0.2, 0.25) is 10.0 Å². The van der Waals surface area contributed by atoms with E-state index in [2.05, 4.69) is 10.1 Å². The van der Waals surface area contributed by atoms with Crippen molar-refractivity contribution in [1.29, 1.82) is 0 Å². The van der Waals surface area contributed by atoms with Crippen molar-refractivity contribution in [2.45, 2.75) is 6.54 Å². The second kappa shape index (κ2) is 6.51. The minimum absolute atomic E-state index is 0.0833. The Balaban J connectivity index is 1.90. The Kier molecular flexibility index (Phi) is 4.42. The highest BCUT2D eigenvalue weighted by Crippen LogP contribution is 2.20. The van der Waals surface area contributed by atoms with E-state index in [1.54, 1.807) is 30.3 Å². The van der Waals surface area contributed by atoms with Gasteiger partial charge in [0.15, 0.2) is 5.82 Å². The van der Waals surface area contributed by atoms with E-state index >= 15 is 0 Å². The number of rotatable bonds is 4. The molecule has 0 radical (unpaired) electrons. The van der Waals surface area contributed by atoms with E-state index in [1.165, 1.54) is 16.8 Å².